The van der Waals surface area contributed by atoms with Crippen molar-refractivity contribution >= 4 is 28.3 Å². The standard InChI is InChI=1S/C25H30N6O2/c1-4-33-29-18(3)17(2)19-9-10-21-23-24(19)32-16-22(20-8-5-6-12-27-20)31(23)25(28-21)30-14-7-11-26-13-15-30/h5-6,8-10,12,22,26H,2,4,7,11,13-16H2,1,3H3/b29-18-/t22-/m1/s1. The molecular weight excluding hydrogens is 416 g/mol. The van der Waals surface area contributed by atoms with Crippen LogP contribution in [0.15, 0.2) is 48.3 Å². The van der Waals surface area contributed by atoms with E-state index < -0.39 is 0 Å². The molecule has 0 radical (unpaired) electrons. The van der Waals surface area contributed by atoms with Crippen molar-refractivity contribution in [1.82, 2.24) is 19.9 Å². The Balaban J connectivity index is 1.68. The summed E-state index contributed by atoms with van der Waals surface area (Å²) in [5, 5.41) is 7.67. The molecule has 5 rings (SSSR count). The highest BCUT2D eigenvalue weighted by Gasteiger charge is 2.33. The first-order valence-corrected chi connectivity index (χ1v) is 11.6. The number of hydrogen-bond donors (Lipinski definition) is 1. The predicted molar refractivity (Wildman–Crippen MR) is 131 cm³/mol. The minimum atomic E-state index is -0.0587. The van der Waals surface area contributed by atoms with Gasteiger partial charge in [-0.15, -0.1) is 0 Å². The van der Waals surface area contributed by atoms with Gasteiger partial charge < -0.3 is 19.8 Å². The van der Waals surface area contributed by atoms with Crippen molar-refractivity contribution in [3.8, 4) is 5.75 Å². The minimum absolute atomic E-state index is 0.0587. The second-order valence-corrected chi connectivity index (χ2v) is 8.34. The summed E-state index contributed by atoms with van der Waals surface area (Å²) in [5.41, 5.74) is 5.28. The maximum Gasteiger partial charge on any atom is 0.207 e. The van der Waals surface area contributed by atoms with E-state index in [1.807, 2.05) is 44.3 Å². The van der Waals surface area contributed by atoms with Crippen molar-refractivity contribution in [2.24, 2.45) is 5.16 Å². The molecule has 0 saturated carbocycles. The van der Waals surface area contributed by atoms with E-state index in [0.29, 0.717) is 13.2 Å². The van der Waals surface area contributed by atoms with Gasteiger partial charge in [-0.3, -0.25) is 9.55 Å². The van der Waals surface area contributed by atoms with Crippen LogP contribution in [0.5, 0.6) is 5.75 Å². The number of allylic oxidation sites excluding steroid dienone is 1. The fourth-order valence-corrected chi connectivity index (χ4v) is 4.53. The average Bonchev–Trinajstić information content (AvgIpc) is 3.04. The lowest BCUT2D eigenvalue weighted by Crippen LogP contribution is -2.33. The first-order valence-electron chi connectivity index (χ1n) is 11.6. The molecule has 2 aliphatic heterocycles. The Kier molecular flexibility index (Phi) is 6.00. The van der Waals surface area contributed by atoms with Gasteiger partial charge in [0.2, 0.25) is 5.95 Å². The van der Waals surface area contributed by atoms with Gasteiger partial charge in [-0.1, -0.05) is 17.8 Å². The van der Waals surface area contributed by atoms with Gasteiger partial charge in [0.15, 0.2) is 5.75 Å². The normalized spacial score (nSPS) is 18.7. The van der Waals surface area contributed by atoms with Crippen molar-refractivity contribution in [3.05, 3.63) is 54.4 Å². The van der Waals surface area contributed by atoms with Crippen LogP contribution in [0.4, 0.5) is 5.95 Å². The SMILES string of the molecule is C=C(/C(C)=N\OCC)c1ccc2nc(N3CCCNCC3)n3c2c1OC[C@@H]3c1ccccn1. The highest BCUT2D eigenvalue weighted by atomic mass is 16.6. The van der Waals surface area contributed by atoms with E-state index >= 15 is 0 Å². The van der Waals surface area contributed by atoms with Crippen LogP contribution < -0.4 is 15.0 Å². The topological polar surface area (TPSA) is 76.8 Å². The number of oxime groups is 1. The number of rotatable bonds is 6. The van der Waals surface area contributed by atoms with Crippen LogP contribution in [-0.2, 0) is 4.84 Å². The molecule has 4 heterocycles. The number of anilines is 1. The monoisotopic (exact) mass is 446 g/mol. The smallest absolute Gasteiger partial charge is 0.207 e. The number of ether oxygens (including phenoxy) is 1. The zero-order chi connectivity index (χ0) is 22.8. The van der Waals surface area contributed by atoms with E-state index in [4.69, 9.17) is 14.6 Å². The molecule has 2 aliphatic rings. The third kappa shape index (κ3) is 3.95. The largest absolute Gasteiger partial charge is 0.488 e. The molecule has 1 saturated heterocycles. The lowest BCUT2D eigenvalue weighted by atomic mass is 10.0. The van der Waals surface area contributed by atoms with Crippen LogP contribution in [0.1, 0.15) is 37.6 Å². The molecule has 1 aromatic carbocycles. The van der Waals surface area contributed by atoms with E-state index in [1.54, 1.807) is 0 Å². The van der Waals surface area contributed by atoms with Crippen LogP contribution >= 0.6 is 0 Å². The quantitative estimate of drug-likeness (QED) is 0.460. The molecule has 172 valence electrons. The van der Waals surface area contributed by atoms with E-state index in [9.17, 15) is 0 Å². The Bertz CT molecular complexity index is 1180. The van der Waals surface area contributed by atoms with Gasteiger partial charge in [0.05, 0.1) is 16.9 Å². The molecule has 2 aromatic heterocycles. The van der Waals surface area contributed by atoms with Crippen molar-refractivity contribution in [2.75, 3.05) is 44.3 Å². The summed E-state index contributed by atoms with van der Waals surface area (Å²) in [6.07, 6.45) is 2.91. The first kappa shape index (κ1) is 21.5. The molecule has 0 spiro atoms. The number of benzene rings is 1. The highest BCUT2D eigenvalue weighted by molar-refractivity contribution is 6.23. The molecule has 8 nitrogen and oxygen atoms in total. The number of nitrogens with zero attached hydrogens (tertiary/aromatic N) is 5. The molecule has 0 unspecified atom stereocenters. The number of hydrogen-bond acceptors (Lipinski definition) is 7. The van der Waals surface area contributed by atoms with Gasteiger partial charge in [-0.25, -0.2) is 4.98 Å². The van der Waals surface area contributed by atoms with Crippen molar-refractivity contribution in [2.45, 2.75) is 26.3 Å². The molecule has 1 atom stereocenters. The van der Waals surface area contributed by atoms with Crippen LogP contribution in [-0.4, -0.2) is 59.6 Å². The lowest BCUT2D eigenvalue weighted by Gasteiger charge is -2.31. The predicted octanol–water partition coefficient (Wildman–Crippen LogP) is 3.64. The zero-order valence-corrected chi connectivity index (χ0v) is 19.3. The zero-order valence-electron chi connectivity index (χ0n) is 19.3. The summed E-state index contributed by atoms with van der Waals surface area (Å²) in [7, 11) is 0. The Morgan fingerprint density at radius 2 is 2.18 bits per heavy atom. The Morgan fingerprint density at radius 3 is 3.00 bits per heavy atom. The van der Waals surface area contributed by atoms with Crippen LogP contribution in [0.3, 0.4) is 0 Å². The fourth-order valence-electron chi connectivity index (χ4n) is 4.53. The van der Waals surface area contributed by atoms with Gasteiger partial charge in [0.1, 0.15) is 24.8 Å². The molecule has 0 aliphatic carbocycles. The third-order valence-corrected chi connectivity index (χ3v) is 6.23. The van der Waals surface area contributed by atoms with Crippen molar-refractivity contribution in [1.29, 1.82) is 0 Å². The molecule has 1 N–H and O–H groups in total. The van der Waals surface area contributed by atoms with E-state index in [2.05, 4.69) is 37.6 Å². The maximum atomic E-state index is 6.41. The second-order valence-electron chi connectivity index (χ2n) is 8.34. The van der Waals surface area contributed by atoms with Gasteiger partial charge in [-0.2, -0.15) is 0 Å². The van der Waals surface area contributed by atoms with Crippen molar-refractivity contribution < 1.29 is 9.57 Å². The highest BCUT2D eigenvalue weighted by Crippen LogP contribution is 2.43. The van der Waals surface area contributed by atoms with Gasteiger partial charge in [0, 0.05) is 37.0 Å². The van der Waals surface area contributed by atoms with E-state index in [0.717, 1.165) is 77.9 Å². The molecule has 0 amide bonds. The lowest BCUT2D eigenvalue weighted by molar-refractivity contribution is 0.159. The molecule has 0 bridgehead atoms. The molecule has 8 heteroatoms. The van der Waals surface area contributed by atoms with Crippen molar-refractivity contribution in [3.63, 3.8) is 0 Å². The van der Waals surface area contributed by atoms with Crippen LogP contribution in [0.2, 0.25) is 0 Å². The number of imidazole rings is 1. The average molecular weight is 447 g/mol. The maximum absolute atomic E-state index is 6.41. The van der Waals surface area contributed by atoms with E-state index in [1.165, 1.54) is 0 Å². The number of aromatic nitrogens is 3. The first-order chi connectivity index (χ1) is 16.2. The number of pyridine rings is 1. The van der Waals surface area contributed by atoms with Gasteiger partial charge >= 0.3 is 0 Å². The summed E-state index contributed by atoms with van der Waals surface area (Å²) >= 11 is 0. The molecular formula is C25H30N6O2. The summed E-state index contributed by atoms with van der Waals surface area (Å²) in [6.45, 7) is 12.9. The van der Waals surface area contributed by atoms with Gasteiger partial charge in [0.25, 0.3) is 0 Å². The Morgan fingerprint density at radius 1 is 1.27 bits per heavy atom. The minimum Gasteiger partial charge on any atom is -0.488 e. The van der Waals surface area contributed by atoms with Crippen LogP contribution in [0.25, 0.3) is 16.6 Å². The van der Waals surface area contributed by atoms with Gasteiger partial charge in [-0.05, 0) is 51.1 Å². The van der Waals surface area contributed by atoms with Crippen LogP contribution in [0, 0.1) is 0 Å². The summed E-state index contributed by atoms with van der Waals surface area (Å²) in [5.74, 6) is 1.76. The summed E-state index contributed by atoms with van der Waals surface area (Å²) in [6, 6.07) is 10.0. The second kappa shape index (κ2) is 9.23. The summed E-state index contributed by atoms with van der Waals surface area (Å²) in [4.78, 5) is 17.4. The molecule has 3 aromatic rings. The molecule has 1 fully saturated rings. The van der Waals surface area contributed by atoms with E-state index in [-0.39, 0.29) is 6.04 Å². The fraction of sp³-hybridized carbons (Fsp3) is 0.400. The Labute approximate surface area is 193 Å². The third-order valence-electron chi connectivity index (χ3n) is 6.23. The number of nitrogens with one attached hydrogen (secondary N) is 1. The summed E-state index contributed by atoms with van der Waals surface area (Å²) < 4.78 is 8.72. The Hall–Kier alpha value is -3.39. The molecule has 33 heavy (non-hydrogen) atoms.